The lowest BCUT2D eigenvalue weighted by Gasteiger charge is -2.09. The molecule has 8 heteroatoms. The molecule has 0 aliphatic carbocycles. The van der Waals surface area contributed by atoms with Crippen LogP contribution < -0.4 is 11.1 Å². The van der Waals surface area contributed by atoms with Crippen LogP contribution in [0.25, 0.3) is 22.2 Å². The smallest absolute Gasteiger partial charge is 0.257 e. The number of carbonyl (C=O) groups excluding carboxylic acids is 1. The van der Waals surface area contributed by atoms with Crippen molar-refractivity contribution in [3.05, 3.63) is 99.5 Å². The summed E-state index contributed by atoms with van der Waals surface area (Å²) in [7, 11) is 0. The average molecular weight is 476 g/mol. The molecule has 0 spiro atoms. The maximum atomic E-state index is 13.3. The van der Waals surface area contributed by atoms with Gasteiger partial charge in [0.1, 0.15) is 16.9 Å². The van der Waals surface area contributed by atoms with E-state index < -0.39 is 0 Å². The van der Waals surface area contributed by atoms with Gasteiger partial charge >= 0.3 is 0 Å². The molecule has 0 bridgehead atoms. The van der Waals surface area contributed by atoms with Crippen LogP contribution >= 0.6 is 23.2 Å². The number of anilines is 1. The predicted octanol–water partition coefficient (Wildman–Crippen LogP) is 5.45. The van der Waals surface area contributed by atoms with Gasteiger partial charge in [-0.15, -0.1) is 0 Å². The zero-order valence-electron chi connectivity index (χ0n) is 17.4. The normalized spacial score (nSPS) is 11.2. The van der Waals surface area contributed by atoms with Gasteiger partial charge in [0.2, 0.25) is 0 Å². The molecule has 5 rings (SSSR count). The summed E-state index contributed by atoms with van der Waals surface area (Å²) in [6.07, 6.45) is 0. The van der Waals surface area contributed by atoms with E-state index in [4.69, 9.17) is 38.9 Å². The largest absolute Gasteiger partial charge is 0.384 e. The third-order valence-corrected chi connectivity index (χ3v) is 6.09. The Labute approximate surface area is 200 Å². The van der Waals surface area contributed by atoms with Crippen molar-refractivity contribution in [1.29, 1.82) is 0 Å². The first-order valence-corrected chi connectivity index (χ1v) is 11.1. The number of halogens is 2. The summed E-state index contributed by atoms with van der Waals surface area (Å²) < 4.78 is 1.81. The SMILES string of the molecule is Nc1c(C(=O)NCc2ccccc2Cl)c2nc3ccccc3nc2n1Cc1ccc(Cl)cc1. The van der Waals surface area contributed by atoms with Gasteiger partial charge < -0.3 is 15.6 Å². The topological polar surface area (TPSA) is 85.8 Å². The Morgan fingerprint density at radius 2 is 1.58 bits per heavy atom. The first-order chi connectivity index (χ1) is 16.0. The second-order valence-corrected chi connectivity index (χ2v) is 8.48. The molecule has 0 radical (unpaired) electrons. The third kappa shape index (κ3) is 4.11. The molecule has 0 atom stereocenters. The van der Waals surface area contributed by atoms with E-state index in [1.54, 1.807) is 6.07 Å². The van der Waals surface area contributed by atoms with Crippen LogP contribution in [-0.2, 0) is 13.1 Å². The van der Waals surface area contributed by atoms with Crippen LogP contribution in [0.1, 0.15) is 21.5 Å². The van der Waals surface area contributed by atoms with Crippen LogP contribution in [0.3, 0.4) is 0 Å². The molecule has 0 aliphatic heterocycles. The maximum absolute atomic E-state index is 13.3. The van der Waals surface area contributed by atoms with Crippen molar-refractivity contribution >= 4 is 57.1 Å². The van der Waals surface area contributed by atoms with Gasteiger partial charge in [0.15, 0.2) is 5.65 Å². The molecule has 0 fully saturated rings. The van der Waals surface area contributed by atoms with Gasteiger partial charge in [-0.25, -0.2) is 9.97 Å². The van der Waals surface area contributed by atoms with Gasteiger partial charge in [0.05, 0.1) is 17.6 Å². The highest BCUT2D eigenvalue weighted by molar-refractivity contribution is 6.31. The Balaban J connectivity index is 1.60. The molecule has 0 unspecified atom stereocenters. The van der Waals surface area contributed by atoms with E-state index in [0.29, 0.717) is 44.7 Å². The van der Waals surface area contributed by atoms with Crippen molar-refractivity contribution in [2.24, 2.45) is 0 Å². The van der Waals surface area contributed by atoms with Crippen molar-refractivity contribution in [1.82, 2.24) is 19.9 Å². The van der Waals surface area contributed by atoms with Gasteiger partial charge in [-0.1, -0.05) is 65.7 Å². The summed E-state index contributed by atoms with van der Waals surface area (Å²) in [6.45, 7) is 0.688. The quantitative estimate of drug-likeness (QED) is 0.353. The Kier molecular flexibility index (Phi) is 5.62. The third-order valence-electron chi connectivity index (χ3n) is 5.47. The van der Waals surface area contributed by atoms with E-state index >= 15 is 0 Å². The van der Waals surface area contributed by atoms with Gasteiger partial charge in [0.25, 0.3) is 5.91 Å². The highest BCUT2D eigenvalue weighted by Gasteiger charge is 2.24. The van der Waals surface area contributed by atoms with E-state index in [1.807, 2.05) is 71.3 Å². The molecule has 3 N–H and O–H groups in total. The van der Waals surface area contributed by atoms with Crippen LogP contribution in [0.5, 0.6) is 0 Å². The molecule has 2 aromatic heterocycles. The van der Waals surface area contributed by atoms with Gasteiger partial charge in [-0.05, 0) is 41.5 Å². The Hall–Kier alpha value is -3.61. The van der Waals surface area contributed by atoms with Crippen LogP contribution in [0.2, 0.25) is 10.0 Å². The Bertz CT molecular complexity index is 1490. The summed E-state index contributed by atoms with van der Waals surface area (Å²) in [4.78, 5) is 22.8. The van der Waals surface area contributed by atoms with Crippen molar-refractivity contribution in [2.45, 2.75) is 13.1 Å². The number of amides is 1. The number of nitrogens with zero attached hydrogens (tertiary/aromatic N) is 3. The van der Waals surface area contributed by atoms with Crippen molar-refractivity contribution in [2.75, 3.05) is 5.73 Å². The Morgan fingerprint density at radius 1 is 0.909 bits per heavy atom. The van der Waals surface area contributed by atoms with Crippen LogP contribution in [0.15, 0.2) is 72.8 Å². The summed E-state index contributed by atoms with van der Waals surface area (Å²) >= 11 is 12.3. The number of hydrogen-bond donors (Lipinski definition) is 2. The molecule has 0 aliphatic rings. The van der Waals surface area contributed by atoms with Crippen LogP contribution in [-0.4, -0.2) is 20.4 Å². The molecule has 5 aromatic rings. The number of nitrogen functional groups attached to an aromatic ring is 1. The van der Waals surface area contributed by atoms with Gasteiger partial charge in [0, 0.05) is 16.6 Å². The first-order valence-electron chi connectivity index (χ1n) is 10.3. The first kappa shape index (κ1) is 21.2. The molecule has 0 saturated heterocycles. The number of aromatic nitrogens is 3. The zero-order valence-corrected chi connectivity index (χ0v) is 18.9. The molecule has 1 amide bonds. The number of para-hydroxylation sites is 2. The van der Waals surface area contributed by atoms with Gasteiger partial charge in [-0.3, -0.25) is 4.79 Å². The molecule has 33 heavy (non-hydrogen) atoms. The average Bonchev–Trinajstić information content (AvgIpc) is 3.08. The highest BCUT2D eigenvalue weighted by atomic mass is 35.5. The number of hydrogen-bond acceptors (Lipinski definition) is 4. The molecular formula is C25H19Cl2N5O. The molecular weight excluding hydrogens is 457 g/mol. The fraction of sp³-hybridized carbons (Fsp3) is 0.0800. The summed E-state index contributed by atoms with van der Waals surface area (Å²) in [5, 5.41) is 4.15. The molecule has 6 nitrogen and oxygen atoms in total. The number of fused-ring (bicyclic) bond motifs is 2. The van der Waals surface area contributed by atoms with E-state index in [1.165, 1.54) is 0 Å². The van der Waals surface area contributed by atoms with Crippen molar-refractivity contribution < 1.29 is 4.79 Å². The number of nitrogens with one attached hydrogen (secondary N) is 1. The number of nitrogens with two attached hydrogens (primary N) is 1. The summed E-state index contributed by atoms with van der Waals surface area (Å²) in [5.41, 5.74) is 11.0. The fourth-order valence-corrected chi connectivity index (χ4v) is 4.11. The second kappa shape index (κ2) is 8.73. The minimum atomic E-state index is -0.336. The predicted molar refractivity (Wildman–Crippen MR) is 133 cm³/mol. The molecule has 164 valence electrons. The van der Waals surface area contributed by atoms with Crippen LogP contribution in [0.4, 0.5) is 5.82 Å². The summed E-state index contributed by atoms with van der Waals surface area (Å²) in [6, 6.07) is 22.4. The Morgan fingerprint density at radius 3 is 2.30 bits per heavy atom. The van der Waals surface area contributed by atoms with Crippen molar-refractivity contribution in [3.63, 3.8) is 0 Å². The second-order valence-electron chi connectivity index (χ2n) is 7.63. The standard InChI is InChI=1S/C25H19Cl2N5O/c26-17-11-9-15(10-12-17)14-32-23(28)21(25(33)29-13-16-5-1-2-6-18(16)27)22-24(32)31-20-8-4-3-7-19(20)30-22/h1-12H,13-14,28H2,(H,29,33). The monoisotopic (exact) mass is 475 g/mol. The van der Waals surface area contributed by atoms with E-state index in [-0.39, 0.29) is 12.5 Å². The molecule has 2 heterocycles. The number of carbonyl (C=O) groups is 1. The van der Waals surface area contributed by atoms with E-state index in [9.17, 15) is 4.79 Å². The lowest BCUT2D eigenvalue weighted by Crippen LogP contribution is -2.24. The van der Waals surface area contributed by atoms with Crippen molar-refractivity contribution in [3.8, 4) is 0 Å². The van der Waals surface area contributed by atoms with E-state index in [2.05, 4.69) is 5.32 Å². The zero-order chi connectivity index (χ0) is 22.9. The summed E-state index contributed by atoms with van der Waals surface area (Å²) in [5.74, 6) is -0.0382. The molecule has 3 aromatic carbocycles. The minimum absolute atomic E-state index is 0.267. The lowest BCUT2D eigenvalue weighted by atomic mass is 10.2. The fourth-order valence-electron chi connectivity index (χ4n) is 3.78. The van der Waals surface area contributed by atoms with E-state index in [0.717, 1.165) is 16.6 Å². The van der Waals surface area contributed by atoms with Crippen LogP contribution in [0, 0.1) is 0 Å². The number of benzene rings is 3. The number of rotatable bonds is 5. The minimum Gasteiger partial charge on any atom is -0.384 e. The molecule has 0 saturated carbocycles. The highest BCUT2D eigenvalue weighted by Crippen LogP contribution is 2.29. The lowest BCUT2D eigenvalue weighted by molar-refractivity contribution is 0.0953. The van der Waals surface area contributed by atoms with Gasteiger partial charge in [-0.2, -0.15) is 0 Å². The maximum Gasteiger partial charge on any atom is 0.257 e.